The summed E-state index contributed by atoms with van der Waals surface area (Å²) in [5.41, 5.74) is 2.35. The average molecular weight is 367 g/mol. The number of carbonyl (C=O) groups excluding carboxylic acids is 2. The van der Waals surface area contributed by atoms with Gasteiger partial charge in [0.05, 0.1) is 12.6 Å². The number of ketones is 1. The van der Waals surface area contributed by atoms with Gasteiger partial charge in [0.2, 0.25) is 0 Å². The standard InChI is InChI=1S/C21H18FNO4/c1-14-2-4-16(5-3-14)19-12-23-20(27-19)10-11-21(25)26-13-18(24)15-6-8-17(22)9-7-15/h2-9,12H,10-11,13H2,1H3. The summed E-state index contributed by atoms with van der Waals surface area (Å²) in [6.07, 6.45) is 1.93. The molecule has 2 aromatic carbocycles. The van der Waals surface area contributed by atoms with Gasteiger partial charge in [-0.2, -0.15) is 0 Å². The highest BCUT2D eigenvalue weighted by Crippen LogP contribution is 2.21. The maximum atomic E-state index is 12.8. The van der Waals surface area contributed by atoms with Crippen LogP contribution >= 0.6 is 0 Å². The first-order valence-corrected chi connectivity index (χ1v) is 8.47. The van der Waals surface area contributed by atoms with E-state index in [9.17, 15) is 14.0 Å². The van der Waals surface area contributed by atoms with Crippen LogP contribution in [0.4, 0.5) is 4.39 Å². The van der Waals surface area contributed by atoms with Gasteiger partial charge in [0.15, 0.2) is 24.0 Å². The van der Waals surface area contributed by atoms with E-state index in [0.717, 1.165) is 11.1 Å². The highest BCUT2D eigenvalue weighted by Gasteiger charge is 2.12. The average Bonchev–Trinajstić information content (AvgIpc) is 3.14. The van der Waals surface area contributed by atoms with Crippen LogP contribution in [0.5, 0.6) is 0 Å². The molecule has 6 heteroatoms. The minimum atomic E-state index is -0.527. The summed E-state index contributed by atoms with van der Waals surface area (Å²) in [5, 5.41) is 0. The molecule has 0 amide bonds. The van der Waals surface area contributed by atoms with E-state index in [0.29, 0.717) is 17.2 Å². The molecule has 3 rings (SSSR count). The van der Waals surface area contributed by atoms with Crippen molar-refractivity contribution < 1.29 is 23.1 Å². The Balaban J connectivity index is 1.47. The number of carbonyl (C=O) groups is 2. The van der Waals surface area contributed by atoms with Gasteiger partial charge < -0.3 is 9.15 Å². The van der Waals surface area contributed by atoms with Crippen molar-refractivity contribution >= 4 is 11.8 Å². The quantitative estimate of drug-likeness (QED) is 0.463. The minimum absolute atomic E-state index is 0.0462. The lowest BCUT2D eigenvalue weighted by Crippen LogP contribution is -2.14. The number of hydrogen-bond donors (Lipinski definition) is 0. The summed E-state index contributed by atoms with van der Waals surface area (Å²) in [5.74, 6) is -0.293. The van der Waals surface area contributed by atoms with E-state index in [1.165, 1.54) is 24.3 Å². The van der Waals surface area contributed by atoms with Crippen LogP contribution in [0.3, 0.4) is 0 Å². The SMILES string of the molecule is Cc1ccc(-c2cnc(CCC(=O)OCC(=O)c3ccc(F)cc3)o2)cc1. The van der Waals surface area contributed by atoms with Crippen LogP contribution in [0.25, 0.3) is 11.3 Å². The smallest absolute Gasteiger partial charge is 0.306 e. The van der Waals surface area contributed by atoms with Crippen molar-refractivity contribution in [1.82, 2.24) is 4.98 Å². The molecule has 0 unspecified atom stereocenters. The van der Waals surface area contributed by atoms with Crippen LogP contribution < -0.4 is 0 Å². The maximum absolute atomic E-state index is 12.8. The molecule has 0 fully saturated rings. The fraction of sp³-hybridized carbons (Fsp3) is 0.190. The highest BCUT2D eigenvalue weighted by atomic mass is 19.1. The van der Waals surface area contributed by atoms with Gasteiger partial charge in [-0.1, -0.05) is 29.8 Å². The van der Waals surface area contributed by atoms with Crippen LogP contribution in [-0.4, -0.2) is 23.3 Å². The molecule has 27 heavy (non-hydrogen) atoms. The van der Waals surface area contributed by atoms with Crippen LogP contribution in [0.2, 0.25) is 0 Å². The van der Waals surface area contributed by atoms with Crippen molar-refractivity contribution in [3.63, 3.8) is 0 Å². The lowest BCUT2D eigenvalue weighted by atomic mass is 10.1. The predicted molar refractivity (Wildman–Crippen MR) is 96.7 cm³/mol. The van der Waals surface area contributed by atoms with Crippen molar-refractivity contribution in [2.75, 3.05) is 6.61 Å². The maximum Gasteiger partial charge on any atom is 0.306 e. The molecule has 0 atom stereocenters. The molecule has 0 spiro atoms. The first-order chi connectivity index (χ1) is 13.0. The summed E-state index contributed by atoms with van der Waals surface area (Å²) in [7, 11) is 0. The fourth-order valence-corrected chi connectivity index (χ4v) is 2.42. The Hall–Kier alpha value is -3.28. The molecule has 0 aliphatic heterocycles. The Bertz CT molecular complexity index is 930. The van der Waals surface area contributed by atoms with Gasteiger partial charge in [0, 0.05) is 17.5 Å². The van der Waals surface area contributed by atoms with Gasteiger partial charge in [0.1, 0.15) is 5.82 Å². The molecule has 0 radical (unpaired) electrons. The summed E-state index contributed by atoms with van der Waals surface area (Å²) < 4.78 is 23.4. The molecular weight excluding hydrogens is 349 g/mol. The van der Waals surface area contributed by atoms with E-state index in [2.05, 4.69) is 4.98 Å². The van der Waals surface area contributed by atoms with Gasteiger partial charge in [0.25, 0.3) is 0 Å². The number of aromatic nitrogens is 1. The van der Waals surface area contributed by atoms with Crippen molar-refractivity contribution in [1.29, 1.82) is 0 Å². The zero-order valence-electron chi connectivity index (χ0n) is 14.8. The number of rotatable bonds is 7. The third-order valence-electron chi connectivity index (χ3n) is 3.96. The van der Waals surface area contributed by atoms with E-state index < -0.39 is 11.8 Å². The second-order valence-electron chi connectivity index (χ2n) is 6.08. The molecule has 138 valence electrons. The van der Waals surface area contributed by atoms with E-state index in [1.807, 2.05) is 31.2 Å². The zero-order valence-corrected chi connectivity index (χ0v) is 14.8. The van der Waals surface area contributed by atoms with Crippen molar-refractivity contribution in [2.24, 2.45) is 0 Å². The largest absolute Gasteiger partial charge is 0.457 e. The number of oxazole rings is 1. The number of nitrogens with zero attached hydrogens (tertiary/aromatic N) is 1. The minimum Gasteiger partial charge on any atom is -0.457 e. The Labute approximate surface area is 155 Å². The first-order valence-electron chi connectivity index (χ1n) is 8.47. The van der Waals surface area contributed by atoms with Crippen molar-refractivity contribution in [3.05, 3.63) is 77.6 Å². The number of hydrogen-bond acceptors (Lipinski definition) is 5. The van der Waals surface area contributed by atoms with Gasteiger partial charge in [-0.3, -0.25) is 9.59 Å². The summed E-state index contributed by atoms with van der Waals surface area (Å²) in [6.45, 7) is 1.62. The fourth-order valence-electron chi connectivity index (χ4n) is 2.42. The molecule has 0 saturated carbocycles. The van der Waals surface area contributed by atoms with Crippen molar-refractivity contribution in [3.8, 4) is 11.3 Å². The number of esters is 1. The van der Waals surface area contributed by atoms with Gasteiger partial charge >= 0.3 is 5.97 Å². The molecule has 0 aliphatic carbocycles. The van der Waals surface area contributed by atoms with E-state index >= 15 is 0 Å². The second-order valence-corrected chi connectivity index (χ2v) is 6.08. The first kappa shape index (κ1) is 18.5. The summed E-state index contributed by atoms with van der Waals surface area (Å²) in [6, 6.07) is 12.9. The molecule has 1 heterocycles. The molecule has 5 nitrogen and oxygen atoms in total. The molecule has 0 saturated heterocycles. The number of benzene rings is 2. The highest BCUT2D eigenvalue weighted by molar-refractivity contribution is 5.97. The van der Waals surface area contributed by atoms with Gasteiger partial charge in [-0.25, -0.2) is 9.37 Å². The lowest BCUT2D eigenvalue weighted by Gasteiger charge is -2.03. The van der Waals surface area contributed by atoms with Crippen LogP contribution in [0.1, 0.15) is 28.2 Å². The summed E-state index contributed by atoms with van der Waals surface area (Å²) >= 11 is 0. The topological polar surface area (TPSA) is 69.4 Å². The monoisotopic (exact) mass is 367 g/mol. The Morgan fingerprint density at radius 1 is 1.07 bits per heavy atom. The molecule has 0 N–H and O–H groups in total. The Morgan fingerprint density at radius 3 is 2.48 bits per heavy atom. The van der Waals surface area contributed by atoms with E-state index in [-0.39, 0.29) is 25.2 Å². The van der Waals surface area contributed by atoms with Crippen molar-refractivity contribution in [2.45, 2.75) is 19.8 Å². The summed E-state index contributed by atoms with van der Waals surface area (Å²) in [4.78, 5) is 27.9. The Kier molecular flexibility index (Phi) is 5.76. The normalized spacial score (nSPS) is 10.6. The van der Waals surface area contributed by atoms with Crippen LogP contribution in [0, 0.1) is 12.7 Å². The molecule has 1 aromatic heterocycles. The third kappa shape index (κ3) is 5.10. The number of halogens is 1. The zero-order chi connectivity index (χ0) is 19.2. The second kappa shape index (κ2) is 8.40. The lowest BCUT2D eigenvalue weighted by molar-refractivity contribution is -0.142. The number of ether oxygens (including phenoxy) is 1. The number of Topliss-reactive ketones (excluding diaryl/α,β-unsaturated/α-hetero) is 1. The number of aryl methyl sites for hydroxylation is 2. The predicted octanol–water partition coefficient (Wildman–Crippen LogP) is 4.15. The Morgan fingerprint density at radius 2 is 1.78 bits per heavy atom. The molecular formula is C21H18FNO4. The van der Waals surface area contributed by atoms with Gasteiger partial charge in [-0.15, -0.1) is 0 Å². The van der Waals surface area contributed by atoms with Gasteiger partial charge in [-0.05, 0) is 31.2 Å². The molecule has 0 aliphatic rings. The molecule has 0 bridgehead atoms. The van der Waals surface area contributed by atoms with Crippen LogP contribution in [-0.2, 0) is 16.0 Å². The van der Waals surface area contributed by atoms with E-state index in [4.69, 9.17) is 9.15 Å². The van der Waals surface area contributed by atoms with E-state index in [1.54, 1.807) is 6.20 Å². The third-order valence-corrected chi connectivity index (χ3v) is 3.96. The van der Waals surface area contributed by atoms with Crippen LogP contribution in [0.15, 0.2) is 59.1 Å². The molecule has 3 aromatic rings.